The summed E-state index contributed by atoms with van der Waals surface area (Å²) in [4.78, 5) is 13.2. The Morgan fingerprint density at radius 2 is 1.97 bits per heavy atom. The second-order valence-corrected chi connectivity index (χ2v) is 10.5. The number of hydrogen-bond donors (Lipinski definition) is 1. The maximum Gasteiger partial charge on any atom is 0.244 e. The van der Waals surface area contributed by atoms with Gasteiger partial charge in [0, 0.05) is 18.1 Å². The fraction of sp³-hybridized carbons (Fsp3) is 0.435. The molecule has 3 rings (SSSR count). The molecule has 1 aliphatic rings. The molecule has 0 saturated carbocycles. The third-order valence-electron chi connectivity index (χ3n) is 5.34. The molecular formula is C23H30N2O5S. The van der Waals surface area contributed by atoms with E-state index < -0.39 is 21.7 Å². The van der Waals surface area contributed by atoms with Crippen LogP contribution in [0.5, 0.6) is 11.5 Å². The molecular weight excluding hydrogens is 416 g/mol. The average Bonchev–Trinajstić information content (AvgIpc) is 2.65. The SMILES string of the molecule is COc1cccc(N([C@H](C)C(=O)N[C@@H]2CC(C)(C)Oc3cc(C)ccc32)S(C)(=O)=O)c1. The summed E-state index contributed by atoms with van der Waals surface area (Å²) in [6.07, 6.45) is 1.66. The zero-order valence-electron chi connectivity index (χ0n) is 18.8. The third kappa shape index (κ3) is 5.12. The highest BCUT2D eigenvalue weighted by atomic mass is 32.2. The van der Waals surface area contributed by atoms with Gasteiger partial charge in [0.25, 0.3) is 0 Å². The number of hydrogen-bond acceptors (Lipinski definition) is 5. The molecule has 1 amide bonds. The molecule has 168 valence electrons. The van der Waals surface area contributed by atoms with Crippen molar-refractivity contribution in [3.63, 3.8) is 0 Å². The second-order valence-electron chi connectivity index (χ2n) is 8.60. The Hall–Kier alpha value is -2.74. The van der Waals surface area contributed by atoms with Crippen LogP contribution in [0.25, 0.3) is 0 Å². The van der Waals surface area contributed by atoms with Crippen LogP contribution in [0.1, 0.15) is 44.4 Å². The number of anilines is 1. The predicted octanol–water partition coefficient (Wildman–Crippen LogP) is 3.58. The summed E-state index contributed by atoms with van der Waals surface area (Å²) in [7, 11) is -2.22. The third-order valence-corrected chi connectivity index (χ3v) is 6.58. The van der Waals surface area contributed by atoms with Gasteiger partial charge in [0.15, 0.2) is 0 Å². The molecule has 8 heteroatoms. The number of benzene rings is 2. The van der Waals surface area contributed by atoms with Gasteiger partial charge < -0.3 is 14.8 Å². The van der Waals surface area contributed by atoms with E-state index in [1.807, 2.05) is 39.0 Å². The Labute approximate surface area is 184 Å². The molecule has 0 bridgehead atoms. The lowest BCUT2D eigenvalue weighted by molar-refractivity contribution is -0.123. The van der Waals surface area contributed by atoms with E-state index in [1.54, 1.807) is 31.2 Å². The summed E-state index contributed by atoms with van der Waals surface area (Å²) in [6.45, 7) is 7.51. The molecule has 0 spiro atoms. The summed E-state index contributed by atoms with van der Waals surface area (Å²) >= 11 is 0. The van der Waals surface area contributed by atoms with Crippen molar-refractivity contribution in [2.75, 3.05) is 17.7 Å². The van der Waals surface area contributed by atoms with E-state index in [-0.39, 0.29) is 11.9 Å². The molecule has 2 aromatic carbocycles. The maximum absolute atomic E-state index is 13.2. The summed E-state index contributed by atoms with van der Waals surface area (Å²) < 4.78 is 37.6. The van der Waals surface area contributed by atoms with Crippen LogP contribution in [0.4, 0.5) is 5.69 Å². The Bertz CT molecular complexity index is 1080. The first kappa shape index (κ1) is 22.9. The standard InChI is InChI=1S/C23H30N2O5S/c1-15-10-11-19-20(14-23(3,4)30-21(19)12-15)24-22(26)16(2)25(31(6,27)28)17-8-7-9-18(13-17)29-5/h7-13,16,20H,14H2,1-6H3,(H,24,26)/t16-,20-/m1/s1. The molecule has 31 heavy (non-hydrogen) atoms. The molecule has 2 aromatic rings. The number of aryl methyl sites for hydroxylation is 1. The lowest BCUT2D eigenvalue weighted by atomic mass is 9.89. The van der Waals surface area contributed by atoms with E-state index in [4.69, 9.17) is 9.47 Å². The molecule has 0 unspecified atom stereocenters. The number of amides is 1. The number of nitrogens with zero attached hydrogens (tertiary/aromatic N) is 1. The van der Waals surface area contributed by atoms with Gasteiger partial charge in [-0.25, -0.2) is 8.42 Å². The van der Waals surface area contributed by atoms with Gasteiger partial charge in [-0.2, -0.15) is 0 Å². The minimum absolute atomic E-state index is 0.291. The fourth-order valence-corrected chi connectivity index (χ4v) is 5.10. The van der Waals surface area contributed by atoms with Crippen molar-refractivity contribution in [2.24, 2.45) is 0 Å². The number of carbonyl (C=O) groups is 1. The average molecular weight is 447 g/mol. The van der Waals surface area contributed by atoms with Crippen molar-refractivity contribution in [3.05, 3.63) is 53.6 Å². The van der Waals surface area contributed by atoms with E-state index in [0.29, 0.717) is 17.9 Å². The normalized spacial score (nSPS) is 18.3. The number of carbonyl (C=O) groups excluding carboxylic acids is 1. The molecule has 2 atom stereocenters. The van der Waals surface area contributed by atoms with Crippen molar-refractivity contribution in [1.82, 2.24) is 5.32 Å². The van der Waals surface area contributed by atoms with Crippen LogP contribution in [-0.4, -0.2) is 39.3 Å². The Kier molecular flexibility index (Phi) is 6.23. The van der Waals surface area contributed by atoms with Crippen molar-refractivity contribution >= 4 is 21.6 Å². The van der Waals surface area contributed by atoms with Gasteiger partial charge in [0.1, 0.15) is 23.1 Å². The quantitative estimate of drug-likeness (QED) is 0.733. The van der Waals surface area contributed by atoms with E-state index in [0.717, 1.165) is 27.4 Å². The smallest absolute Gasteiger partial charge is 0.244 e. The van der Waals surface area contributed by atoms with Crippen LogP contribution < -0.4 is 19.1 Å². The van der Waals surface area contributed by atoms with Crippen molar-refractivity contribution < 1.29 is 22.7 Å². The minimum atomic E-state index is -3.72. The highest BCUT2D eigenvalue weighted by Gasteiger charge is 2.37. The van der Waals surface area contributed by atoms with Gasteiger partial charge in [-0.15, -0.1) is 0 Å². The molecule has 1 N–H and O–H groups in total. The van der Waals surface area contributed by atoms with E-state index in [2.05, 4.69) is 5.32 Å². The van der Waals surface area contributed by atoms with Gasteiger partial charge in [-0.3, -0.25) is 9.10 Å². The van der Waals surface area contributed by atoms with E-state index in [1.165, 1.54) is 7.11 Å². The summed E-state index contributed by atoms with van der Waals surface area (Å²) in [5.74, 6) is 0.860. The number of methoxy groups -OCH3 is 1. The van der Waals surface area contributed by atoms with Gasteiger partial charge in [0.2, 0.25) is 15.9 Å². The lowest BCUT2D eigenvalue weighted by Crippen LogP contribution is -2.50. The lowest BCUT2D eigenvalue weighted by Gasteiger charge is -2.39. The minimum Gasteiger partial charge on any atom is -0.497 e. The first-order chi connectivity index (χ1) is 14.4. The monoisotopic (exact) mass is 446 g/mol. The first-order valence-electron chi connectivity index (χ1n) is 10.1. The first-order valence-corrected chi connectivity index (χ1v) is 12.0. The molecule has 1 heterocycles. The van der Waals surface area contributed by atoms with Crippen LogP contribution in [0.2, 0.25) is 0 Å². The highest BCUT2D eigenvalue weighted by Crippen LogP contribution is 2.40. The Balaban J connectivity index is 1.91. The number of fused-ring (bicyclic) bond motifs is 1. The van der Waals surface area contributed by atoms with Crippen LogP contribution in [0, 0.1) is 6.92 Å². The van der Waals surface area contributed by atoms with Crippen molar-refractivity contribution in [3.8, 4) is 11.5 Å². The predicted molar refractivity (Wildman–Crippen MR) is 121 cm³/mol. The van der Waals surface area contributed by atoms with Crippen molar-refractivity contribution in [1.29, 1.82) is 0 Å². The van der Waals surface area contributed by atoms with Gasteiger partial charge in [0.05, 0.1) is 25.1 Å². The molecule has 0 radical (unpaired) electrons. The van der Waals surface area contributed by atoms with Crippen LogP contribution in [0.15, 0.2) is 42.5 Å². The summed E-state index contributed by atoms with van der Waals surface area (Å²) in [5, 5.41) is 3.04. The highest BCUT2D eigenvalue weighted by molar-refractivity contribution is 7.92. The van der Waals surface area contributed by atoms with Gasteiger partial charge in [-0.1, -0.05) is 18.2 Å². The number of rotatable bonds is 6. The van der Waals surface area contributed by atoms with Crippen LogP contribution >= 0.6 is 0 Å². The van der Waals surface area contributed by atoms with Gasteiger partial charge >= 0.3 is 0 Å². The zero-order valence-corrected chi connectivity index (χ0v) is 19.6. The second kappa shape index (κ2) is 8.42. The number of nitrogens with one attached hydrogen (secondary N) is 1. The van der Waals surface area contributed by atoms with Crippen molar-refractivity contribution in [2.45, 2.75) is 51.8 Å². The maximum atomic E-state index is 13.2. The van der Waals surface area contributed by atoms with Crippen LogP contribution in [-0.2, 0) is 14.8 Å². The van der Waals surface area contributed by atoms with E-state index in [9.17, 15) is 13.2 Å². The fourth-order valence-electron chi connectivity index (χ4n) is 3.94. The van der Waals surface area contributed by atoms with E-state index >= 15 is 0 Å². The van der Waals surface area contributed by atoms with Crippen LogP contribution in [0.3, 0.4) is 0 Å². The molecule has 0 fully saturated rings. The Morgan fingerprint density at radius 1 is 1.26 bits per heavy atom. The molecule has 7 nitrogen and oxygen atoms in total. The number of sulfonamides is 1. The van der Waals surface area contributed by atoms with Gasteiger partial charge in [-0.05, 0) is 51.5 Å². The molecule has 0 saturated heterocycles. The molecule has 0 aliphatic carbocycles. The summed E-state index contributed by atoms with van der Waals surface area (Å²) in [6, 6.07) is 11.3. The Morgan fingerprint density at radius 3 is 2.61 bits per heavy atom. The molecule has 1 aliphatic heterocycles. The topological polar surface area (TPSA) is 84.9 Å². The zero-order chi connectivity index (χ0) is 23.0. The largest absolute Gasteiger partial charge is 0.497 e. The molecule has 0 aromatic heterocycles. The summed E-state index contributed by atoms with van der Waals surface area (Å²) in [5.41, 5.74) is 1.85. The number of ether oxygens (including phenoxy) is 2.